The molecule has 0 amide bonds. The Hall–Kier alpha value is -1.36. The number of aliphatic carboxylic acids is 1. The molecule has 15 heavy (non-hydrogen) atoms. The van der Waals surface area contributed by atoms with Crippen LogP contribution < -0.4 is 0 Å². The lowest BCUT2D eigenvalue weighted by Gasteiger charge is -2.41. The summed E-state index contributed by atoms with van der Waals surface area (Å²) in [7, 11) is 1.73. The second-order valence-electron chi connectivity index (χ2n) is 4.24. The molecule has 0 radical (unpaired) electrons. The van der Waals surface area contributed by atoms with Gasteiger partial charge in [-0.3, -0.25) is 9.48 Å². The second kappa shape index (κ2) is 3.06. The monoisotopic (exact) mass is 210 g/mol. The van der Waals surface area contributed by atoms with Gasteiger partial charge in [0.05, 0.1) is 17.5 Å². The molecule has 82 valence electrons. The number of hydrogen-bond donors (Lipinski definition) is 2. The zero-order valence-corrected chi connectivity index (χ0v) is 8.77. The van der Waals surface area contributed by atoms with Gasteiger partial charge < -0.3 is 10.2 Å². The van der Waals surface area contributed by atoms with Crippen LogP contribution in [0.1, 0.15) is 24.2 Å². The number of carboxylic acids is 1. The molecule has 2 N–H and O–H groups in total. The van der Waals surface area contributed by atoms with E-state index in [0.29, 0.717) is 5.69 Å². The highest BCUT2D eigenvalue weighted by Crippen LogP contribution is 2.44. The molecule has 0 saturated heterocycles. The van der Waals surface area contributed by atoms with Crippen LogP contribution in [0, 0.1) is 6.92 Å². The van der Waals surface area contributed by atoms with E-state index >= 15 is 0 Å². The Labute approximate surface area is 87.3 Å². The van der Waals surface area contributed by atoms with Gasteiger partial charge in [-0.2, -0.15) is 5.10 Å². The maximum absolute atomic E-state index is 11.3. The van der Waals surface area contributed by atoms with Crippen molar-refractivity contribution in [3.63, 3.8) is 0 Å². The largest absolute Gasteiger partial charge is 0.481 e. The van der Waals surface area contributed by atoms with E-state index in [1.165, 1.54) is 0 Å². The molecule has 1 fully saturated rings. The van der Waals surface area contributed by atoms with Crippen molar-refractivity contribution < 1.29 is 15.0 Å². The molecular formula is C10H14N2O3. The van der Waals surface area contributed by atoms with Gasteiger partial charge >= 0.3 is 5.97 Å². The third-order valence-corrected chi connectivity index (χ3v) is 3.07. The van der Waals surface area contributed by atoms with Gasteiger partial charge in [0, 0.05) is 7.05 Å². The Kier molecular flexibility index (Phi) is 2.08. The lowest BCUT2D eigenvalue weighted by molar-refractivity contribution is -0.153. The molecule has 1 aliphatic carbocycles. The lowest BCUT2D eigenvalue weighted by Crippen LogP contribution is -2.51. The Morgan fingerprint density at radius 1 is 1.67 bits per heavy atom. The zero-order valence-electron chi connectivity index (χ0n) is 8.77. The fourth-order valence-electron chi connectivity index (χ4n) is 2.30. The normalized spacial score (nSPS) is 29.9. The molecule has 0 aliphatic heterocycles. The summed E-state index contributed by atoms with van der Waals surface area (Å²) in [5, 5.41) is 22.7. The first-order valence-electron chi connectivity index (χ1n) is 4.88. The van der Waals surface area contributed by atoms with Crippen molar-refractivity contribution in [1.82, 2.24) is 9.78 Å². The smallest absolute Gasteiger partial charge is 0.315 e. The predicted molar refractivity (Wildman–Crippen MR) is 52.5 cm³/mol. The summed E-state index contributed by atoms with van der Waals surface area (Å²) in [4.78, 5) is 11.3. The first-order valence-corrected chi connectivity index (χ1v) is 4.88. The molecule has 0 bridgehead atoms. The SMILES string of the molecule is Cc1cc(C2(C(=O)O)CC(O)C2)n(C)n1. The molecule has 1 aromatic heterocycles. The van der Waals surface area contributed by atoms with Crippen LogP contribution in [-0.4, -0.2) is 32.1 Å². The van der Waals surface area contributed by atoms with Crippen molar-refractivity contribution >= 4 is 5.97 Å². The molecule has 0 unspecified atom stereocenters. The minimum Gasteiger partial charge on any atom is -0.481 e. The highest BCUT2D eigenvalue weighted by molar-refractivity contribution is 5.82. The van der Waals surface area contributed by atoms with Crippen molar-refractivity contribution in [1.29, 1.82) is 0 Å². The predicted octanol–water partition coefficient (Wildman–Crippen LogP) is 0.206. The molecule has 1 aliphatic rings. The number of aliphatic hydroxyl groups is 1. The highest BCUT2D eigenvalue weighted by Gasteiger charge is 2.53. The first-order chi connectivity index (χ1) is 6.95. The Morgan fingerprint density at radius 3 is 2.60 bits per heavy atom. The van der Waals surface area contributed by atoms with E-state index in [1.54, 1.807) is 17.8 Å². The van der Waals surface area contributed by atoms with Gasteiger partial charge in [0.2, 0.25) is 0 Å². The van der Waals surface area contributed by atoms with Crippen LogP contribution in [0.3, 0.4) is 0 Å². The van der Waals surface area contributed by atoms with E-state index in [1.807, 2.05) is 6.92 Å². The van der Waals surface area contributed by atoms with Crippen LogP contribution in [0.2, 0.25) is 0 Å². The summed E-state index contributed by atoms with van der Waals surface area (Å²) >= 11 is 0. The maximum Gasteiger partial charge on any atom is 0.315 e. The van der Waals surface area contributed by atoms with Gasteiger partial charge in [0.1, 0.15) is 5.41 Å². The van der Waals surface area contributed by atoms with E-state index in [9.17, 15) is 15.0 Å². The van der Waals surface area contributed by atoms with Gasteiger partial charge in [-0.05, 0) is 25.8 Å². The van der Waals surface area contributed by atoms with Gasteiger partial charge in [-0.25, -0.2) is 0 Å². The summed E-state index contributed by atoms with van der Waals surface area (Å²) in [5.41, 5.74) is 0.544. The van der Waals surface area contributed by atoms with Crippen molar-refractivity contribution in [3.8, 4) is 0 Å². The fourth-order valence-corrected chi connectivity index (χ4v) is 2.30. The van der Waals surface area contributed by atoms with Crippen LogP contribution in [0.5, 0.6) is 0 Å². The van der Waals surface area contributed by atoms with E-state index in [4.69, 9.17) is 0 Å². The van der Waals surface area contributed by atoms with Crippen LogP contribution >= 0.6 is 0 Å². The third kappa shape index (κ3) is 1.34. The molecule has 0 spiro atoms. The Bertz CT molecular complexity index is 405. The fraction of sp³-hybridized carbons (Fsp3) is 0.600. The molecule has 1 heterocycles. The van der Waals surface area contributed by atoms with E-state index in [2.05, 4.69) is 5.10 Å². The van der Waals surface area contributed by atoms with Crippen LogP contribution in [0.4, 0.5) is 0 Å². The number of carboxylic acid groups (broad SMARTS) is 1. The number of aliphatic hydroxyl groups excluding tert-OH is 1. The molecule has 0 atom stereocenters. The number of carbonyl (C=O) groups is 1. The van der Waals surface area contributed by atoms with Gasteiger partial charge in [0.25, 0.3) is 0 Å². The molecule has 0 aromatic carbocycles. The zero-order chi connectivity index (χ0) is 11.2. The Balaban J connectivity index is 2.43. The second-order valence-corrected chi connectivity index (χ2v) is 4.24. The van der Waals surface area contributed by atoms with E-state index in [-0.39, 0.29) is 12.8 Å². The molecule has 1 saturated carbocycles. The van der Waals surface area contributed by atoms with Crippen molar-refractivity contribution in [2.45, 2.75) is 31.3 Å². The highest BCUT2D eigenvalue weighted by atomic mass is 16.4. The average Bonchev–Trinajstić information content (AvgIpc) is 2.39. The molecule has 5 heteroatoms. The van der Waals surface area contributed by atoms with E-state index in [0.717, 1.165) is 5.69 Å². The summed E-state index contributed by atoms with van der Waals surface area (Å²) in [6.07, 6.45) is 0.0547. The van der Waals surface area contributed by atoms with Crippen LogP contribution in [0.25, 0.3) is 0 Å². The number of aromatic nitrogens is 2. The number of hydrogen-bond acceptors (Lipinski definition) is 3. The van der Waals surface area contributed by atoms with Crippen LogP contribution in [0.15, 0.2) is 6.07 Å². The molecular weight excluding hydrogens is 196 g/mol. The van der Waals surface area contributed by atoms with Crippen molar-refractivity contribution in [2.75, 3.05) is 0 Å². The van der Waals surface area contributed by atoms with Gasteiger partial charge in [-0.15, -0.1) is 0 Å². The third-order valence-electron chi connectivity index (χ3n) is 3.07. The van der Waals surface area contributed by atoms with E-state index < -0.39 is 17.5 Å². The maximum atomic E-state index is 11.3. The molecule has 1 aromatic rings. The lowest BCUT2D eigenvalue weighted by atomic mass is 9.64. The standard InChI is InChI=1S/C10H14N2O3/c1-6-3-8(12(2)11-6)10(9(14)15)4-7(13)5-10/h3,7,13H,4-5H2,1-2H3,(H,14,15). The van der Waals surface area contributed by atoms with Crippen LogP contribution in [-0.2, 0) is 17.3 Å². The summed E-state index contributed by atoms with van der Waals surface area (Å²) in [5.74, 6) is -0.879. The number of nitrogens with zero attached hydrogens (tertiary/aromatic N) is 2. The van der Waals surface area contributed by atoms with Gasteiger partial charge in [-0.1, -0.05) is 0 Å². The average molecular weight is 210 g/mol. The summed E-state index contributed by atoms with van der Waals surface area (Å²) in [6, 6.07) is 1.78. The van der Waals surface area contributed by atoms with Crippen molar-refractivity contribution in [2.24, 2.45) is 7.05 Å². The quantitative estimate of drug-likeness (QED) is 0.731. The molecule has 5 nitrogen and oxygen atoms in total. The number of aryl methyl sites for hydroxylation is 2. The summed E-state index contributed by atoms with van der Waals surface area (Å²) < 4.78 is 1.59. The minimum absolute atomic E-state index is 0.279. The Morgan fingerprint density at radius 2 is 2.27 bits per heavy atom. The molecule has 2 rings (SSSR count). The topological polar surface area (TPSA) is 75.3 Å². The number of rotatable bonds is 2. The first kappa shape index (κ1) is 10.2. The van der Waals surface area contributed by atoms with Crippen molar-refractivity contribution in [3.05, 3.63) is 17.5 Å². The minimum atomic E-state index is -0.935. The van der Waals surface area contributed by atoms with Gasteiger partial charge in [0.15, 0.2) is 0 Å². The summed E-state index contributed by atoms with van der Waals surface area (Å²) in [6.45, 7) is 1.83.